The van der Waals surface area contributed by atoms with Crippen LogP contribution in [0, 0.1) is 17.1 Å². The molecule has 0 saturated carbocycles. The summed E-state index contributed by atoms with van der Waals surface area (Å²) in [7, 11) is -0.133. The average molecular weight is 340 g/mol. The van der Waals surface area contributed by atoms with E-state index < -0.39 is 15.8 Å². The van der Waals surface area contributed by atoms with Gasteiger partial charge in [0.1, 0.15) is 5.82 Å². The monoisotopic (exact) mass is 340 g/mol. The number of nitrogens with zero attached hydrogens (tertiary/aromatic N) is 4. The minimum Gasteiger partial charge on any atom is -0.367 e. The number of hydrogen-bond acceptors (Lipinski definition) is 5. The number of piperazine rings is 1. The third-order valence-corrected chi connectivity index (χ3v) is 5.82. The van der Waals surface area contributed by atoms with E-state index in [0.717, 1.165) is 0 Å². The first kappa shape index (κ1) is 17.7. The zero-order valence-electron chi connectivity index (χ0n) is 13.4. The maximum absolute atomic E-state index is 14.0. The van der Waals surface area contributed by atoms with Crippen LogP contribution in [0.25, 0.3) is 0 Å². The molecule has 1 fully saturated rings. The maximum atomic E-state index is 14.0. The van der Waals surface area contributed by atoms with Gasteiger partial charge in [-0.1, -0.05) is 0 Å². The van der Waals surface area contributed by atoms with Crippen molar-refractivity contribution in [1.82, 2.24) is 9.21 Å². The SMILES string of the molecule is CN(C)S(=O)(=O)CCN1CCN(c2ccc(C#N)cc2F)CC1. The molecule has 126 valence electrons. The molecule has 1 heterocycles. The third kappa shape index (κ3) is 4.41. The molecule has 1 aliphatic rings. The smallest absolute Gasteiger partial charge is 0.214 e. The van der Waals surface area contributed by atoms with Gasteiger partial charge in [0.2, 0.25) is 10.0 Å². The van der Waals surface area contributed by atoms with E-state index >= 15 is 0 Å². The van der Waals surface area contributed by atoms with Gasteiger partial charge in [0.15, 0.2) is 0 Å². The summed E-state index contributed by atoms with van der Waals surface area (Å²) in [4.78, 5) is 3.99. The van der Waals surface area contributed by atoms with Crippen LogP contribution in [0.3, 0.4) is 0 Å². The molecule has 0 aromatic heterocycles. The summed E-state index contributed by atoms with van der Waals surface area (Å²) in [5.41, 5.74) is 0.795. The zero-order valence-corrected chi connectivity index (χ0v) is 14.2. The summed E-state index contributed by atoms with van der Waals surface area (Å²) in [6.07, 6.45) is 0. The van der Waals surface area contributed by atoms with Crippen molar-refractivity contribution in [3.63, 3.8) is 0 Å². The van der Waals surface area contributed by atoms with Crippen LogP contribution in [0.5, 0.6) is 0 Å². The fourth-order valence-corrected chi connectivity index (χ4v) is 3.33. The number of hydrogen-bond donors (Lipinski definition) is 0. The Bertz CT molecular complexity index is 692. The zero-order chi connectivity index (χ0) is 17.0. The summed E-state index contributed by atoms with van der Waals surface area (Å²) in [6.45, 7) is 3.10. The highest BCUT2D eigenvalue weighted by Gasteiger charge is 2.22. The first-order valence-corrected chi connectivity index (χ1v) is 9.01. The second-order valence-corrected chi connectivity index (χ2v) is 8.01. The predicted molar refractivity (Wildman–Crippen MR) is 87.2 cm³/mol. The Labute approximate surface area is 136 Å². The van der Waals surface area contributed by atoms with Gasteiger partial charge in [-0.05, 0) is 18.2 Å². The summed E-state index contributed by atoms with van der Waals surface area (Å²) >= 11 is 0. The van der Waals surface area contributed by atoms with Crippen molar-refractivity contribution < 1.29 is 12.8 Å². The highest BCUT2D eigenvalue weighted by atomic mass is 32.2. The van der Waals surface area contributed by atoms with Crippen LogP contribution in [0.2, 0.25) is 0 Å². The normalized spacial score (nSPS) is 16.6. The molecule has 1 aromatic carbocycles. The van der Waals surface area contributed by atoms with Gasteiger partial charge in [-0.25, -0.2) is 17.1 Å². The molecule has 23 heavy (non-hydrogen) atoms. The van der Waals surface area contributed by atoms with Crippen molar-refractivity contribution >= 4 is 15.7 Å². The quantitative estimate of drug-likeness (QED) is 0.790. The minimum atomic E-state index is -3.19. The lowest BCUT2D eigenvalue weighted by Crippen LogP contribution is -2.48. The molecular formula is C15H21FN4O2S. The van der Waals surface area contributed by atoms with Crippen LogP contribution in [-0.2, 0) is 10.0 Å². The van der Waals surface area contributed by atoms with E-state index in [4.69, 9.17) is 5.26 Å². The Morgan fingerprint density at radius 2 is 1.91 bits per heavy atom. The van der Waals surface area contributed by atoms with Crippen LogP contribution >= 0.6 is 0 Å². The summed E-state index contributed by atoms with van der Waals surface area (Å²) < 4.78 is 38.8. The van der Waals surface area contributed by atoms with Gasteiger partial charge in [-0.15, -0.1) is 0 Å². The van der Waals surface area contributed by atoms with E-state index in [9.17, 15) is 12.8 Å². The number of rotatable bonds is 5. The lowest BCUT2D eigenvalue weighted by atomic mass is 10.2. The van der Waals surface area contributed by atoms with Gasteiger partial charge in [0.25, 0.3) is 0 Å². The summed E-state index contributed by atoms with van der Waals surface area (Å²) in [5.74, 6) is -0.307. The topological polar surface area (TPSA) is 67.7 Å². The lowest BCUT2D eigenvalue weighted by molar-refractivity contribution is 0.270. The molecule has 0 atom stereocenters. The molecule has 1 aromatic rings. The first-order valence-electron chi connectivity index (χ1n) is 7.40. The van der Waals surface area contributed by atoms with Crippen molar-refractivity contribution in [3.8, 4) is 6.07 Å². The number of benzene rings is 1. The molecule has 0 radical (unpaired) electrons. The van der Waals surface area contributed by atoms with E-state index in [1.54, 1.807) is 12.1 Å². The van der Waals surface area contributed by atoms with Crippen molar-refractivity contribution in [2.75, 3.05) is 57.5 Å². The van der Waals surface area contributed by atoms with Crippen molar-refractivity contribution in [1.29, 1.82) is 5.26 Å². The number of sulfonamides is 1. The molecule has 0 unspecified atom stereocenters. The molecule has 1 saturated heterocycles. The van der Waals surface area contributed by atoms with Crippen LogP contribution in [-0.4, -0.2) is 70.2 Å². The van der Waals surface area contributed by atoms with Gasteiger partial charge in [0, 0.05) is 46.8 Å². The van der Waals surface area contributed by atoms with E-state index in [0.29, 0.717) is 44.0 Å². The van der Waals surface area contributed by atoms with Gasteiger partial charge in [0.05, 0.1) is 23.1 Å². The van der Waals surface area contributed by atoms with Crippen LogP contribution in [0.15, 0.2) is 18.2 Å². The lowest BCUT2D eigenvalue weighted by Gasteiger charge is -2.36. The first-order chi connectivity index (χ1) is 10.8. The molecule has 2 rings (SSSR count). The van der Waals surface area contributed by atoms with E-state index in [1.165, 1.54) is 24.5 Å². The molecule has 0 aliphatic carbocycles. The van der Waals surface area contributed by atoms with Gasteiger partial charge in [-0.3, -0.25) is 4.90 Å². The highest BCUT2D eigenvalue weighted by molar-refractivity contribution is 7.89. The second kappa shape index (κ2) is 7.25. The average Bonchev–Trinajstić information content (AvgIpc) is 2.53. The Morgan fingerprint density at radius 1 is 1.26 bits per heavy atom. The van der Waals surface area contributed by atoms with Crippen molar-refractivity contribution in [3.05, 3.63) is 29.6 Å². The fourth-order valence-electron chi connectivity index (χ4n) is 2.47. The maximum Gasteiger partial charge on any atom is 0.214 e. The number of halogens is 1. The standard InChI is InChI=1S/C15H21FN4O2S/c1-18(2)23(21,22)10-9-19-5-7-20(8-6-19)15-4-3-13(12-17)11-14(15)16/h3-4,11H,5-10H2,1-2H3. The molecule has 1 aliphatic heterocycles. The van der Waals surface area contributed by atoms with Crippen molar-refractivity contribution in [2.45, 2.75) is 0 Å². The van der Waals surface area contributed by atoms with E-state index in [-0.39, 0.29) is 5.75 Å². The number of anilines is 1. The highest BCUT2D eigenvalue weighted by Crippen LogP contribution is 2.21. The Morgan fingerprint density at radius 3 is 2.43 bits per heavy atom. The molecule has 0 spiro atoms. The second-order valence-electron chi connectivity index (χ2n) is 5.71. The molecule has 8 heteroatoms. The van der Waals surface area contributed by atoms with Gasteiger partial charge >= 0.3 is 0 Å². The van der Waals surface area contributed by atoms with Gasteiger partial charge in [-0.2, -0.15) is 5.26 Å². The summed E-state index contributed by atoms with van der Waals surface area (Å²) in [5, 5.41) is 8.77. The van der Waals surface area contributed by atoms with E-state index in [2.05, 4.69) is 4.90 Å². The molecular weight excluding hydrogens is 319 g/mol. The van der Waals surface area contributed by atoms with E-state index in [1.807, 2.05) is 11.0 Å². The molecule has 6 nitrogen and oxygen atoms in total. The predicted octanol–water partition coefficient (Wildman–Crippen LogP) is 0.711. The van der Waals surface area contributed by atoms with Crippen molar-refractivity contribution in [2.24, 2.45) is 0 Å². The van der Waals surface area contributed by atoms with Gasteiger partial charge < -0.3 is 4.90 Å². The molecule has 0 amide bonds. The Balaban J connectivity index is 1.91. The van der Waals surface area contributed by atoms with Crippen LogP contribution < -0.4 is 4.90 Å². The largest absolute Gasteiger partial charge is 0.367 e. The Kier molecular flexibility index (Phi) is 5.57. The minimum absolute atomic E-state index is 0.0885. The summed E-state index contributed by atoms with van der Waals surface area (Å²) in [6, 6.07) is 6.39. The van der Waals surface area contributed by atoms with Crippen LogP contribution in [0.4, 0.5) is 10.1 Å². The third-order valence-electron chi connectivity index (χ3n) is 4.01. The Hall–Kier alpha value is -1.69. The fraction of sp³-hybridized carbons (Fsp3) is 0.533. The van der Waals surface area contributed by atoms with Crippen LogP contribution in [0.1, 0.15) is 5.56 Å². The molecule has 0 bridgehead atoms. The number of nitriles is 1. The molecule has 0 N–H and O–H groups in total.